The van der Waals surface area contributed by atoms with E-state index < -0.39 is 11.8 Å². The average molecular weight is 437 g/mol. The minimum atomic E-state index is -0.525. The quantitative estimate of drug-likeness (QED) is 0.361. The molecule has 0 N–H and O–H groups in total. The van der Waals surface area contributed by atoms with Gasteiger partial charge in [-0.05, 0) is 59.2 Å². The van der Waals surface area contributed by atoms with Crippen molar-refractivity contribution in [2.45, 2.75) is 6.54 Å². The summed E-state index contributed by atoms with van der Waals surface area (Å²) >= 11 is 0. The maximum Gasteiger partial charge on any atom is 0.330 e. The highest BCUT2D eigenvalue weighted by atomic mass is 19.1. The van der Waals surface area contributed by atoms with Crippen LogP contribution in [-0.2, 0) is 16.1 Å². The summed E-state index contributed by atoms with van der Waals surface area (Å²) in [6.45, 7) is 0.259. The molecule has 0 heterocycles. The molecular formula is C26H26F2N2O2. The fraction of sp³-hybridized carbons (Fsp3) is 0.192. The molecule has 6 heteroatoms. The van der Waals surface area contributed by atoms with E-state index in [4.69, 9.17) is 0 Å². The Labute approximate surface area is 187 Å². The van der Waals surface area contributed by atoms with Crippen molar-refractivity contribution >= 4 is 23.4 Å². The lowest BCUT2D eigenvalue weighted by molar-refractivity contribution is -0.134. The van der Waals surface area contributed by atoms with Crippen molar-refractivity contribution in [3.05, 3.63) is 89.5 Å². The number of ether oxygens (including phenoxy) is 1. The summed E-state index contributed by atoms with van der Waals surface area (Å²) in [6.07, 6.45) is 2.70. The van der Waals surface area contributed by atoms with E-state index in [0.717, 1.165) is 16.8 Å². The Morgan fingerprint density at radius 1 is 0.906 bits per heavy atom. The number of benzene rings is 3. The molecule has 166 valence electrons. The Balaban J connectivity index is 1.78. The number of hydrogen-bond acceptors (Lipinski definition) is 4. The Kier molecular flexibility index (Phi) is 7.25. The van der Waals surface area contributed by atoms with E-state index in [-0.39, 0.29) is 12.4 Å². The van der Waals surface area contributed by atoms with Gasteiger partial charge in [0, 0.05) is 50.7 Å². The number of hydrogen-bond donors (Lipinski definition) is 0. The molecule has 4 nitrogen and oxygen atoms in total. The third kappa shape index (κ3) is 5.72. The smallest absolute Gasteiger partial charge is 0.330 e. The Hall–Kier alpha value is -3.67. The van der Waals surface area contributed by atoms with Gasteiger partial charge in [0.1, 0.15) is 11.6 Å². The van der Waals surface area contributed by atoms with Gasteiger partial charge in [-0.25, -0.2) is 13.6 Å². The largest absolute Gasteiger partial charge is 0.466 e. The summed E-state index contributed by atoms with van der Waals surface area (Å²) in [7, 11) is 6.97. The minimum Gasteiger partial charge on any atom is -0.466 e. The van der Waals surface area contributed by atoms with Crippen molar-refractivity contribution < 1.29 is 18.3 Å². The van der Waals surface area contributed by atoms with Gasteiger partial charge in [0.15, 0.2) is 0 Å². The number of carbonyl (C=O) groups excluding carboxylic acids is 1. The molecule has 0 radical (unpaired) electrons. The second kappa shape index (κ2) is 10.1. The molecule has 3 rings (SSSR count). The highest BCUT2D eigenvalue weighted by molar-refractivity contribution is 5.87. The van der Waals surface area contributed by atoms with Gasteiger partial charge in [0.25, 0.3) is 0 Å². The van der Waals surface area contributed by atoms with Crippen LogP contribution >= 0.6 is 0 Å². The molecule has 0 bridgehead atoms. The molecule has 0 saturated carbocycles. The zero-order valence-corrected chi connectivity index (χ0v) is 18.6. The highest BCUT2D eigenvalue weighted by Gasteiger charge is 2.11. The van der Waals surface area contributed by atoms with Gasteiger partial charge in [-0.3, -0.25) is 0 Å². The van der Waals surface area contributed by atoms with Crippen LogP contribution in [0.15, 0.2) is 66.7 Å². The number of rotatable bonds is 7. The molecule has 3 aromatic carbocycles. The number of carbonyl (C=O) groups is 1. The van der Waals surface area contributed by atoms with Gasteiger partial charge >= 0.3 is 5.97 Å². The topological polar surface area (TPSA) is 32.8 Å². The summed E-state index contributed by atoms with van der Waals surface area (Å²) in [5.74, 6) is -1.30. The first-order chi connectivity index (χ1) is 15.3. The summed E-state index contributed by atoms with van der Waals surface area (Å²) in [4.78, 5) is 15.0. The zero-order valence-electron chi connectivity index (χ0n) is 18.6. The normalized spacial score (nSPS) is 10.9. The molecule has 0 aliphatic heterocycles. The van der Waals surface area contributed by atoms with E-state index >= 15 is 0 Å². The Morgan fingerprint density at radius 3 is 2.22 bits per heavy atom. The minimum absolute atomic E-state index is 0.259. The summed E-state index contributed by atoms with van der Waals surface area (Å²) in [5.41, 5.74) is 4.37. The van der Waals surface area contributed by atoms with Gasteiger partial charge in [-0.2, -0.15) is 0 Å². The summed E-state index contributed by atoms with van der Waals surface area (Å²) in [5, 5.41) is 0. The van der Waals surface area contributed by atoms with E-state index in [1.807, 2.05) is 49.3 Å². The van der Waals surface area contributed by atoms with Crippen LogP contribution in [0.25, 0.3) is 17.2 Å². The molecule has 3 aromatic rings. The van der Waals surface area contributed by atoms with Crippen molar-refractivity contribution in [3.63, 3.8) is 0 Å². The third-order valence-electron chi connectivity index (χ3n) is 5.14. The van der Waals surface area contributed by atoms with E-state index in [1.165, 1.54) is 37.5 Å². The molecular weight excluding hydrogens is 410 g/mol. The van der Waals surface area contributed by atoms with Crippen molar-refractivity contribution in [2.75, 3.05) is 38.1 Å². The summed E-state index contributed by atoms with van der Waals surface area (Å²) < 4.78 is 33.5. The van der Waals surface area contributed by atoms with Crippen LogP contribution in [0.1, 0.15) is 11.1 Å². The van der Waals surface area contributed by atoms with E-state index in [2.05, 4.69) is 4.74 Å². The lowest BCUT2D eigenvalue weighted by Crippen LogP contribution is -2.17. The molecule has 0 unspecified atom stereocenters. The maximum absolute atomic E-state index is 14.9. The molecule has 0 saturated heterocycles. The van der Waals surface area contributed by atoms with E-state index in [1.54, 1.807) is 24.1 Å². The van der Waals surface area contributed by atoms with Crippen LogP contribution in [0, 0.1) is 11.6 Å². The fourth-order valence-corrected chi connectivity index (χ4v) is 3.30. The molecule has 32 heavy (non-hydrogen) atoms. The van der Waals surface area contributed by atoms with E-state index in [9.17, 15) is 13.6 Å². The number of anilines is 2. The average Bonchev–Trinajstić information content (AvgIpc) is 2.78. The monoisotopic (exact) mass is 436 g/mol. The van der Waals surface area contributed by atoms with Crippen LogP contribution in [0.5, 0.6) is 0 Å². The van der Waals surface area contributed by atoms with Gasteiger partial charge in [0.05, 0.1) is 7.11 Å². The van der Waals surface area contributed by atoms with Gasteiger partial charge in [0.2, 0.25) is 0 Å². The molecule has 0 aliphatic carbocycles. The van der Waals surface area contributed by atoms with Crippen molar-refractivity contribution in [2.24, 2.45) is 0 Å². The molecule has 0 fully saturated rings. The number of methoxy groups -OCH3 is 1. The second-order valence-electron chi connectivity index (χ2n) is 7.70. The lowest BCUT2D eigenvalue weighted by Gasteiger charge is -2.21. The SMILES string of the molecule is COC(=O)/C=C/c1cc(F)cc(N(C)Cc2ccc(-c3ccc(N(C)C)cc3)cc2F)c1. The first kappa shape index (κ1) is 23.0. The predicted molar refractivity (Wildman–Crippen MR) is 126 cm³/mol. The third-order valence-corrected chi connectivity index (χ3v) is 5.14. The number of halogens is 2. The first-order valence-corrected chi connectivity index (χ1v) is 10.1. The number of nitrogens with zero attached hydrogens (tertiary/aromatic N) is 2. The highest BCUT2D eigenvalue weighted by Crippen LogP contribution is 2.26. The van der Waals surface area contributed by atoms with Crippen molar-refractivity contribution in [1.82, 2.24) is 0 Å². The van der Waals surface area contributed by atoms with Crippen LogP contribution < -0.4 is 9.80 Å². The Morgan fingerprint density at radius 2 is 1.59 bits per heavy atom. The molecule has 0 aliphatic rings. The maximum atomic E-state index is 14.9. The first-order valence-electron chi connectivity index (χ1n) is 10.1. The van der Waals surface area contributed by atoms with Crippen LogP contribution in [0.4, 0.5) is 20.2 Å². The predicted octanol–water partition coefficient (Wildman–Crippen LogP) is 5.52. The number of esters is 1. The van der Waals surface area contributed by atoms with Crippen molar-refractivity contribution in [3.8, 4) is 11.1 Å². The van der Waals surface area contributed by atoms with Gasteiger partial charge in [-0.15, -0.1) is 0 Å². The van der Waals surface area contributed by atoms with Crippen LogP contribution in [-0.4, -0.2) is 34.2 Å². The van der Waals surface area contributed by atoms with Crippen LogP contribution in [0.3, 0.4) is 0 Å². The van der Waals surface area contributed by atoms with Crippen LogP contribution in [0.2, 0.25) is 0 Å². The molecule has 0 spiro atoms. The fourth-order valence-electron chi connectivity index (χ4n) is 3.30. The van der Waals surface area contributed by atoms with Crippen molar-refractivity contribution in [1.29, 1.82) is 0 Å². The summed E-state index contributed by atoms with van der Waals surface area (Å²) in [6, 6.07) is 17.5. The van der Waals surface area contributed by atoms with Gasteiger partial charge < -0.3 is 14.5 Å². The molecule has 0 atom stereocenters. The second-order valence-corrected chi connectivity index (χ2v) is 7.70. The zero-order chi connectivity index (χ0) is 23.3. The standard InChI is InChI=1S/C26H26F2N2O2/c1-29(2)23-10-8-19(9-11-23)20-6-7-21(25(28)15-20)17-30(3)24-14-18(13-22(27)16-24)5-12-26(31)32-4/h5-16H,17H2,1-4H3/b12-5+. The van der Waals surface area contributed by atoms with E-state index in [0.29, 0.717) is 16.8 Å². The Bertz CT molecular complexity index is 1130. The van der Waals surface area contributed by atoms with Gasteiger partial charge in [-0.1, -0.05) is 24.3 Å². The lowest BCUT2D eigenvalue weighted by atomic mass is 10.0. The molecule has 0 amide bonds. The molecule has 0 aromatic heterocycles.